The number of likely N-dealkylation sites (tertiary alicyclic amines) is 1. The number of aromatic hydroxyl groups is 1. The van der Waals surface area contributed by atoms with E-state index >= 15 is 4.79 Å². The van der Waals surface area contributed by atoms with E-state index in [-0.39, 0.29) is 139 Å². The van der Waals surface area contributed by atoms with Gasteiger partial charge in [0.15, 0.2) is 47.3 Å². The summed E-state index contributed by atoms with van der Waals surface area (Å²) in [6.45, 7) is 11.9. The number of hydrogen-bond acceptors (Lipinski definition) is 34. The van der Waals surface area contributed by atoms with Crippen molar-refractivity contribution in [2.45, 2.75) is 226 Å². The van der Waals surface area contributed by atoms with Crippen molar-refractivity contribution in [1.29, 1.82) is 5.41 Å². The summed E-state index contributed by atoms with van der Waals surface area (Å²) in [5, 5.41) is 84.3. The van der Waals surface area contributed by atoms with Gasteiger partial charge < -0.3 is 93.1 Å². The molecule has 2 unspecified atom stereocenters. The number of guanidine groups is 1. The fraction of sp³-hybridized carbons (Fsp3) is 0.551. The average molecular weight is 1990 g/mol. The fourth-order valence-corrected chi connectivity index (χ4v) is 18.0. The van der Waals surface area contributed by atoms with Crippen LogP contribution in [0.15, 0.2) is 64.9 Å². The zero-order valence-electron chi connectivity index (χ0n) is 77.7. The van der Waals surface area contributed by atoms with Crippen LogP contribution in [0.3, 0.4) is 0 Å². The first-order valence-electron chi connectivity index (χ1n) is 44.7. The largest absolute Gasteiger partial charge is 0.508 e. The quantitative estimate of drug-likeness (QED) is 0.00357. The maximum Gasteiger partial charge on any atom is 0.426 e. The van der Waals surface area contributed by atoms with E-state index in [1.54, 1.807) is 19.1 Å². The Labute approximate surface area is 805 Å². The number of nitrogens with two attached hydrogens (primary N) is 2. The van der Waals surface area contributed by atoms with Crippen molar-refractivity contribution in [3.05, 3.63) is 98.0 Å². The summed E-state index contributed by atoms with van der Waals surface area (Å²) in [6, 6.07) is 4.31. The van der Waals surface area contributed by atoms with Gasteiger partial charge in [0.25, 0.3) is 17.4 Å². The van der Waals surface area contributed by atoms with Crippen LogP contribution in [-0.2, 0) is 99.1 Å². The Morgan fingerprint density at radius 2 is 1.36 bits per heavy atom. The van der Waals surface area contributed by atoms with Gasteiger partial charge in [-0.05, 0) is 119 Å². The Kier molecular flexibility index (Phi) is 46.9. The number of hydrogen-bond donors (Lipinski definition) is 18. The van der Waals surface area contributed by atoms with Crippen LogP contribution in [0.1, 0.15) is 214 Å². The van der Waals surface area contributed by atoms with Crippen LogP contribution < -0.4 is 59.8 Å². The number of carboxylic acid groups (broad SMARTS) is 5. The molecule has 2 aromatic carbocycles. The normalized spacial score (nSPS) is 15.1. The number of carbonyl (C=O) groups is 18. The second kappa shape index (κ2) is 57.0. The van der Waals surface area contributed by atoms with Crippen molar-refractivity contribution >= 4 is 168 Å². The van der Waals surface area contributed by atoms with Gasteiger partial charge in [0.2, 0.25) is 29.6 Å². The number of anilines is 2. The maximum atomic E-state index is 15.1. The molecular formula is C89H122N18O28S3. The van der Waals surface area contributed by atoms with E-state index < -0.39 is 236 Å². The Morgan fingerprint density at radius 1 is 0.703 bits per heavy atom. The molecule has 6 rings (SSSR count). The van der Waals surface area contributed by atoms with Crippen LogP contribution in [0.4, 0.5) is 16.4 Å². The van der Waals surface area contributed by atoms with Crippen LogP contribution >= 0.6 is 32.9 Å². The first kappa shape index (κ1) is 113. The monoisotopic (exact) mass is 1990 g/mol. The number of fused-ring (bicyclic) bond motifs is 1. The number of hydrazine groups is 1. The third-order valence-corrected chi connectivity index (χ3v) is 26.0. The molecule has 0 spiro atoms. The summed E-state index contributed by atoms with van der Waals surface area (Å²) in [5.41, 5.74) is 16.0. The number of nitrogens with zero attached hydrogens (tertiary/aromatic N) is 6. The van der Waals surface area contributed by atoms with Gasteiger partial charge in [-0.15, -0.1) is 11.3 Å². The molecule has 754 valence electrons. The van der Waals surface area contributed by atoms with Gasteiger partial charge >= 0.3 is 47.9 Å². The predicted molar refractivity (Wildman–Crippen MR) is 501 cm³/mol. The average Bonchev–Trinajstić information content (AvgIpc) is 1.18. The van der Waals surface area contributed by atoms with Crippen molar-refractivity contribution in [3.8, 4) is 5.75 Å². The number of aromatic amines is 1. The van der Waals surface area contributed by atoms with Crippen molar-refractivity contribution in [3.63, 3.8) is 0 Å². The number of esters is 2. The zero-order valence-corrected chi connectivity index (χ0v) is 80.1. The number of ether oxygens (including phenoxy) is 3. The number of Topliss-reactive ketones (excluding diaryl/α,β-unsaturated/α-hetero) is 4. The fourth-order valence-electron chi connectivity index (χ4n) is 15.0. The highest BCUT2D eigenvalue weighted by Gasteiger charge is 2.42. The number of amides is 7. The molecule has 4 heterocycles. The van der Waals surface area contributed by atoms with Crippen LogP contribution in [0.5, 0.6) is 5.75 Å². The molecule has 49 heteroatoms. The number of likely N-dealkylation sites (N-methyl/N-ethyl adjacent to an activating group) is 1. The number of carboxylic acids is 5. The second-order valence-corrected chi connectivity index (χ2v) is 37.4. The third kappa shape index (κ3) is 38.7. The number of aromatic nitrogens is 5. The Hall–Kier alpha value is -13.3. The minimum absolute atomic E-state index is 0.0143. The summed E-state index contributed by atoms with van der Waals surface area (Å²) < 4.78 is 16.8. The standard InChI is InChI=1S/C89H122N18O28S3/c1-9-14-74(120)134-45-107(84(127)60(47(5)10-2)38-69(113)65-16-11-12-28-106(65)8)66(46(3)4)40-70(135-49(7)108)83-101-64(44-136-83)81(125)97-56(32-50-17-23-58(109)24-18-50)31-48(6)77(121)104-105-89(132)133-29-30-137-138-43-54(85(128)129)35-68(112)63(39-73(118)119)100-80(124)53(37-72(116)117)34-67(111)61(15-13-27-93-87(90)91)98-79(123)52(36-71(114)115)33-59(110)25-26-62(86(130)131)99-78(122)51-19-21-55(22-20-51)94-41-57-42-95-76-75(96-57)82(126)103-88(92)102-76/h17-24,42,44,46-48,52-54,56,60-63,65-66,70,94,109H,9-16,25-41,43,45H2,1-8H3,(H,97,125)(H,98,123)(H,99,122)(H,100,124)(H,104,121)(H,105,132)(H,114,115)(H,116,117)(H,118,119)(H,128,129)(H,130,131)(H4,90,91,93)(H3,92,95,102,103,126)/t47?,48-,52-,53-,54+,56+,60-,61-,62-,63+,65+,66?,70+/m0/s1. The van der Waals surface area contributed by atoms with Crippen LogP contribution in [0, 0.1) is 46.8 Å². The Bertz CT molecular complexity index is 5180. The van der Waals surface area contributed by atoms with Crippen molar-refractivity contribution < 1.29 is 131 Å². The number of rotatable bonds is 61. The second-order valence-electron chi connectivity index (χ2n) is 33.8. The molecule has 1 saturated heterocycles. The molecule has 0 bridgehead atoms. The summed E-state index contributed by atoms with van der Waals surface area (Å²) >= 11 is 1.00. The molecule has 0 saturated carbocycles. The van der Waals surface area contributed by atoms with Crippen LogP contribution in [0.25, 0.3) is 11.2 Å². The molecule has 1 fully saturated rings. The number of phenolic OH excluding ortho intramolecular Hbond substituents is 1. The SMILES string of the molecule is CCCC(=O)OCN(C(=O)[C@@H](CC(=O)[C@H]1CCCCN1C)C(C)CC)C(C[C@@H](OC(C)=O)c1nc(C(=O)N[C@@H](Cc2ccc(O)cc2)C[C@H](C)C(=O)NNC(=O)OCCSSC[C@@H](CC(=O)[C@@H](CC(=O)O)NC(=O)[C@H](CC(=O)O)CC(=O)[C@H](CCCNC(=N)N)NC(=O)[C@H](CC(=O)O)CC(=O)CC[C@H](NC(=O)c2ccc(NCc3cnc4nc(N)[nH]c(=O)c4n3)cc2)C(=O)O)C(=O)O)cs1)C(C)C. The molecule has 20 N–H and O–H groups in total. The minimum atomic E-state index is -2.03. The molecule has 3 aromatic heterocycles. The molecule has 1 aliphatic rings. The minimum Gasteiger partial charge on any atom is -0.508 e. The molecule has 5 aromatic rings. The Balaban J connectivity index is 1.02. The first-order valence-corrected chi connectivity index (χ1v) is 48.1. The number of nitrogen functional groups attached to an aromatic ring is 1. The summed E-state index contributed by atoms with van der Waals surface area (Å²) in [5.74, 6) is -26.6. The maximum absolute atomic E-state index is 15.1. The van der Waals surface area contributed by atoms with Gasteiger partial charge in [0.1, 0.15) is 34.9 Å². The first-order chi connectivity index (χ1) is 65.3. The van der Waals surface area contributed by atoms with E-state index in [1.165, 1.54) is 66.7 Å². The number of ketones is 4. The van der Waals surface area contributed by atoms with E-state index in [0.29, 0.717) is 36.2 Å². The van der Waals surface area contributed by atoms with Crippen LogP contribution in [0.2, 0.25) is 0 Å². The molecule has 13 atom stereocenters. The van der Waals surface area contributed by atoms with Crippen LogP contribution in [-0.4, -0.2) is 259 Å². The number of benzene rings is 2. The molecule has 138 heavy (non-hydrogen) atoms. The zero-order chi connectivity index (χ0) is 102. The van der Waals surface area contributed by atoms with E-state index in [4.69, 9.17) is 31.1 Å². The number of H-pyrrole nitrogens is 1. The van der Waals surface area contributed by atoms with Gasteiger partial charge in [-0.2, -0.15) is 4.98 Å². The van der Waals surface area contributed by atoms with E-state index in [2.05, 4.69) is 67.7 Å². The highest BCUT2D eigenvalue weighted by Crippen LogP contribution is 2.35. The number of carbonyl (C=O) groups excluding carboxylic acids is 13. The number of thiazole rings is 1. The van der Waals surface area contributed by atoms with Gasteiger partial charge in [-0.1, -0.05) is 88.1 Å². The summed E-state index contributed by atoms with van der Waals surface area (Å²) in [4.78, 5) is 275. The Morgan fingerprint density at radius 3 is 1.97 bits per heavy atom. The van der Waals surface area contributed by atoms with Gasteiger partial charge in [0, 0.05) is 110 Å². The van der Waals surface area contributed by atoms with Crippen molar-refractivity contribution in [2.75, 3.05) is 56.0 Å². The summed E-state index contributed by atoms with van der Waals surface area (Å²) in [6.07, 6.45) is -5.28. The topological polar surface area (TPSA) is 719 Å². The molecule has 1 aliphatic heterocycles. The van der Waals surface area contributed by atoms with Gasteiger partial charge in [0.05, 0.1) is 73.6 Å². The number of piperidine rings is 1. The smallest absolute Gasteiger partial charge is 0.426 e. The summed E-state index contributed by atoms with van der Waals surface area (Å²) in [7, 11) is 3.73. The molecule has 0 aliphatic carbocycles. The highest BCUT2D eigenvalue weighted by atomic mass is 33.1. The van der Waals surface area contributed by atoms with E-state index in [1.807, 2.05) is 39.6 Å². The number of phenols is 1. The lowest BCUT2D eigenvalue weighted by Gasteiger charge is -2.39. The number of aliphatic carboxylic acids is 5. The van der Waals surface area contributed by atoms with E-state index in [9.17, 15) is 117 Å². The molecular weight excluding hydrogens is 1870 g/mol. The molecule has 0 radical (unpaired) electrons. The van der Waals surface area contributed by atoms with Gasteiger partial charge in [-0.25, -0.2) is 30.0 Å². The molecule has 46 nitrogen and oxygen atoms in total. The van der Waals surface area contributed by atoms with E-state index in [0.717, 1.165) is 52.3 Å². The lowest BCUT2D eigenvalue weighted by atomic mass is 9.82. The lowest BCUT2D eigenvalue weighted by Crippen LogP contribution is -2.50. The van der Waals surface area contributed by atoms with Gasteiger partial charge in [-0.3, -0.25) is 102 Å². The molecule has 7 amide bonds. The van der Waals surface area contributed by atoms with Crippen molar-refractivity contribution in [2.24, 2.45) is 47.2 Å². The third-order valence-electron chi connectivity index (χ3n) is 22.7. The highest BCUT2D eigenvalue weighted by molar-refractivity contribution is 8.76. The van der Waals surface area contributed by atoms with Crippen molar-refractivity contribution in [1.82, 2.24) is 72.2 Å². The number of nitrogens with one attached hydrogen (secondary N) is 10. The lowest BCUT2D eigenvalue weighted by molar-refractivity contribution is -0.162. The predicted octanol–water partition coefficient (Wildman–Crippen LogP) is 4.96.